The SMILES string of the molecule is C=CCN(CC=C)C/C=C/C(=O)O.Cl. The minimum atomic E-state index is -0.919. The van der Waals surface area contributed by atoms with E-state index >= 15 is 0 Å². The smallest absolute Gasteiger partial charge is 0.328 e. The van der Waals surface area contributed by atoms with Gasteiger partial charge in [-0.3, -0.25) is 4.90 Å². The summed E-state index contributed by atoms with van der Waals surface area (Å²) < 4.78 is 0. The molecule has 0 spiro atoms. The Morgan fingerprint density at radius 2 is 1.71 bits per heavy atom. The van der Waals surface area contributed by atoms with Gasteiger partial charge in [-0.15, -0.1) is 25.6 Å². The van der Waals surface area contributed by atoms with Gasteiger partial charge in [0.2, 0.25) is 0 Å². The van der Waals surface area contributed by atoms with Crippen molar-refractivity contribution >= 4 is 18.4 Å². The minimum Gasteiger partial charge on any atom is -0.478 e. The highest BCUT2D eigenvalue weighted by Gasteiger charge is 1.96. The summed E-state index contributed by atoms with van der Waals surface area (Å²) in [5.74, 6) is -0.919. The zero-order valence-corrected chi connectivity index (χ0v) is 8.87. The zero-order valence-electron chi connectivity index (χ0n) is 8.06. The summed E-state index contributed by atoms with van der Waals surface area (Å²) in [6, 6.07) is 0. The van der Waals surface area contributed by atoms with E-state index in [9.17, 15) is 4.79 Å². The van der Waals surface area contributed by atoms with Crippen molar-refractivity contribution in [1.29, 1.82) is 0 Å². The van der Waals surface area contributed by atoms with Crippen molar-refractivity contribution < 1.29 is 9.90 Å². The normalized spacial score (nSPS) is 9.79. The number of nitrogens with zero attached hydrogens (tertiary/aromatic N) is 1. The van der Waals surface area contributed by atoms with Crippen LogP contribution in [0.4, 0.5) is 0 Å². The van der Waals surface area contributed by atoms with Crippen molar-refractivity contribution in [3.8, 4) is 0 Å². The average Bonchev–Trinajstić information content (AvgIpc) is 2.04. The lowest BCUT2D eigenvalue weighted by Crippen LogP contribution is -2.23. The highest BCUT2D eigenvalue weighted by molar-refractivity contribution is 5.85. The molecule has 0 aliphatic rings. The third-order valence-corrected chi connectivity index (χ3v) is 1.40. The molecule has 0 aromatic heterocycles. The number of aliphatic carboxylic acids is 1. The first-order valence-corrected chi connectivity index (χ1v) is 4.04. The van der Waals surface area contributed by atoms with Gasteiger partial charge in [-0.25, -0.2) is 4.79 Å². The number of hydrogen-bond acceptors (Lipinski definition) is 2. The molecule has 0 saturated carbocycles. The first kappa shape index (κ1) is 15.4. The number of carboxylic acids is 1. The fraction of sp³-hybridized carbons (Fsp3) is 0.300. The highest BCUT2D eigenvalue weighted by atomic mass is 35.5. The predicted molar refractivity (Wildman–Crippen MR) is 60.9 cm³/mol. The third kappa shape index (κ3) is 9.03. The summed E-state index contributed by atoms with van der Waals surface area (Å²) in [5, 5.41) is 8.34. The maximum atomic E-state index is 10.2. The van der Waals surface area contributed by atoms with Crippen LogP contribution >= 0.6 is 12.4 Å². The first-order valence-electron chi connectivity index (χ1n) is 4.04. The van der Waals surface area contributed by atoms with Crippen molar-refractivity contribution in [1.82, 2.24) is 4.90 Å². The largest absolute Gasteiger partial charge is 0.478 e. The predicted octanol–water partition coefficient (Wildman–Crippen LogP) is 1.72. The van der Waals surface area contributed by atoms with Gasteiger partial charge < -0.3 is 5.11 Å². The molecule has 0 aromatic carbocycles. The lowest BCUT2D eigenvalue weighted by atomic mass is 10.4. The van der Waals surface area contributed by atoms with Gasteiger partial charge in [0.1, 0.15) is 0 Å². The second kappa shape index (κ2) is 10.0. The fourth-order valence-corrected chi connectivity index (χ4v) is 0.891. The molecule has 0 saturated heterocycles. The molecule has 0 rings (SSSR count). The Morgan fingerprint density at radius 3 is 2.07 bits per heavy atom. The number of hydrogen-bond donors (Lipinski definition) is 1. The van der Waals surface area contributed by atoms with Crippen LogP contribution in [0.5, 0.6) is 0 Å². The number of carbonyl (C=O) groups is 1. The van der Waals surface area contributed by atoms with E-state index in [1.165, 1.54) is 0 Å². The Morgan fingerprint density at radius 1 is 1.21 bits per heavy atom. The standard InChI is InChI=1S/C10H15NO2.ClH/c1-3-7-11(8-4-2)9-5-6-10(12)13;/h3-6H,1-2,7-9H2,(H,12,13);1H/b6-5+;. The summed E-state index contributed by atoms with van der Waals surface area (Å²) in [6.45, 7) is 9.28. The summed E-state index contributed by atoms with van der Waals surface area (Å²) >= 11 is 0. The second-order valence-corrected chi connectivity index (χ2v) is 2.54. The van der Waals surface area contributed by atoms with Crippen LogP contribution in [0.25, 0.3) is 0 Å². The molecule has 0 heterocycles. The molecule has 0 fully saturated rings. The molecular weight excluding hydrogens is 202 g/mol. The zero-order chi connectivity index (χ0) is 10.1. The Hall–Kier alpha value is -1.06. The van der Waals surface area contributed by atoms with Crippen LogP contribution < -0.4 is 0 Å². The van der Waals surface area contributed by atoms with E-state index in [0.717, 1.165) is 19.2 Å². The van der Waals surface area contributed by atoms with Gasteiger partial charge in [0, 0.05) is 25.7 Å². The van der Waals surface area contributed by atoms with E-state index in [-0.39, 0.29) is 12.4 Å². The molecule has 14 heavy (non-hydrogen) atoms. The molecule has 4 heteroatoms. The van der Waals surface area contributed by atoms with Gasteiger partial charge >= 0.3 is 5.97 Å². The summed E-state index contributed by atoms with van der Waals surface area (Å²) in [7, 11) is 0. The van der Waals surface area contributed by atoms with Crippen molar-refractivity contribution in [3.63, 3.8) is 0 Å². The Kier molecular flexibility index (Phi) is 11.0. The summed E-state index contributed by atoms with van der Waals surface area (Å²) in [4.78, 5) is 12.2. The van der Waals surface area contributed by atoms with E-state index in [1.807, 2.05) is 4.90 Å². The molecule has 0 aliphatic heterocycles. The van der Waals surface area contributed by atoms with Gasteiger partial charge in [0.15, 0.2) is 0 Å². The molecule has 3 nitrogen and oxygen atoms in total. The van der Waals surface area contributed by atoms with E-state index in [0.29, 0.717) is 6.54 Å². The average molecular weight is 218 g/mol. The number of halogens is 1. The van der Waals surface area contributed by atoms with Gasteiger partial charge in [0.25, 0.3) is 0 Å². The van der Waals surface area contributed by atoms with Crippen LogP contribution in [-0.4, -0.2) is 35.6 Å². The second-order valence-electron chi connectivity index (χ2n) is 2.54. The quantitative estimate of drug-likeness (QED) is 0.522. The third-order valence-electron chi connectivity index (χ3n) is 1.40. The maximum Gasteiger partial charge on any atom is 0.328 e. The molecular formula is C10H16ClNO2. The number of rotatable bonds is 7. The molecule has 0 bridgehead atoms. The Bertz CT molecular complexity index is 204. The van der Waals surface area contributed by atoms with Crippen molar-refractivity contribution in [2.75, 3.05) is 19.6 Å². The molecule has 0 aliphatic carbocycles. The first-order chi connectivity index (χ1) is 6.20. The minimum absolute atomic E-state index is 0. The van der Waals surface area contributed by atoms with Crippen molar-refractivity contribution in [2.24, 2.45) is 0 Å². The number of carboxylic acid groups (broad SMARTS) is 1. The summed E-state index contributed by atoms with van der Waals surface area (Å²) in [5.41, 5.74) is 0. The van der Waals surface area contributed by atoms with Crippen molar-refractivity contribution in [3.05, 3.63) is 37.5 Å². The monoisotopic (exact) mass is 217 g/mol. The Labute approximate surface area is 90.8 Å². The van der Waals surface area contributed by atoms with Crippen molar-refractivity contribution in [2.45, 2.75) is 0 Å². The van der Waals surface area contributed by atoms with Crippen LogP contribution in [0.2, 0.25) is 0 Å². The van der Waals surface area contributed by atoms with Gasteiger partial charge in [-0.1, -0.05) is 18.2 Å². The molecule has 80 valence electrons. The van der Waals surface area contributed by atoms with Crippen LogP contribution in [0.15, 0.2) is 37.5 Å². The van der Waals surface area contributed by atoms with Crippen LogP contribution in [0, 0.1) is 0 Å². The van der Waals surface area contributed by atoms with Crippen LogP contribution in [-0.2, 0) is 4.79 Å². The topological polar surface area (TPSA) is 40.5 Å². The molecule has 1 N–H and O–H groups in total. The van der Waals surface area contributed by atoms with Crippen LogP contribution in [0.3, 0.4) is 0 Å². The molecule has 0 atom stereocenters. The fourth-order valence-electron chi connectivity index (χ4n) is 0.891. The molecule has 0 radical (unpaired) electrons. The molecule has 0 unspecified atom stereocenters. The van der Waals surface area contributed by atoms with E-state index < -0.39 is 5.97 Å². The van der Waals surface area contributed by atoms with E-state index in [1.54, 1.807) is 18.2 Å². The lowest BCUT2D eigenvalue weighted by Gasteiger charge is -2.15. The highest BCUT2D eigenvalue weighted by Crippen LogP contribution is 1.89. The van der Waals surface area contributed by atoms with Gasteiger partial charge in [-0.05, 0) is 0 Å². The lowest BCUT2D eigenvalue weighted by molar-refractivity contribution is -0.131. The molecule has 0 amide bonds. The van der Waals surface area contributed by atoms with Gasteiger partial charge in [0.05, 0.1) is 0 Å². The molecule has 0 aromatic rings. The van der Waals surface area contributed by atoms with Gasteiger partial charge in [-0.2, -0.15) is 0 Å². The van der Waals surface area contributed by atoms with E-state index in [2.05, 4.69) is 13.2 Å². The summed E-state index contributed by atoms with van der Waals surface area (Å²) in [6.07, 6.45) is 6.30. The Balaban J connectivity index is 0. The van der Waals surface area contributed by atoms with Crippen LogP contribution in [0.1, 0.15) is 0 Å². The maximum absolute atomic E-state index is 10.2. The van der Waals surface area contributed by atoms with E-state index in [4.69, 9.17) is 5.11 Å².